The molecule has 2 aliphatic heterocycles. The zero-order valence-corrected chi connectivity index (χ0v) is 15.2. The van der Waals surface area contributed by atoms with Gasteiger partial charge in [-0.15, -0.1) is 0 Å². The van der Waals surface area contributed by atoms with Crippen LogP contribution in [0.15, 0.2) is 17.4 Å². The molecule has 0 bridgehead atoms. The van der Waals surface area contributed by atoms with Gasteiger partial charge in [0.05, 0.1) is 24.8 Å². The fraction of sp³-hybridized carbons (Fsp3) is 0.500. The maximum Gasteiger partial charge on any atom is 0.211 e. The quantitative estimate of drug-likeness (QED) is 0.571. The van der Waals surface area contributed by atoms with Gasteiger partial charge >= 0.3 is 0 Å². The average Bonchev–Trinajstić information content (AvgIpc) is 2.58. The first kappa shape index (κ1) is 18.0. The number of nitrogens with one attached hydrogen (secondary N) is 1. The average molecular weight is 387 g/mol. The van der Waals surface area contributed by atoms with Gasteiger partial charge in [-0.1, -0.05) is 0 Å². The number of halogens is 1. The number of fused-ring (bicyclic) bond motifs is 1. The van der Waals surface area contributed by atoms with E-state index in [1.165, 1.54) is 16.6 Å². The first-order valence-corrected chi connectivity index (χ1v) is 9.95. The van der Waals surface area contributed by atoms with Crippen molar-refractivity contribution in [1.29, 1.82) is 0 Å². The van der Waals surface area contributed by atoms with E-state index in [1.807, 2.05) is 4.90 Å². The number of piperazine rings is 1. The highest BCUT2D eigenvalue weighted by molar-refractivity contribution is 7.88. The van der Waals surface area contributed by atoms with Gasteiger partial charge in [0.15, 0.2) is 5.11 Å². The van der Waals surface area contributed by atoms with Gasteiger partial charge in [0.1, 0.15) is 17.3 Å². The highest BCUT2D eigenvalue weighted by Crippen LogP contribution is 2.23. The fourth-order valence-corrected chi connectivity index (χ4v) is 3.70. The minimum Gasteiger partial charge on any atom is -0.491 e. The summed E-state index contributed by atoms with van der Waals surface area (Å²) in [6, 6.07) is 1.28. The molecule has 11 heteroatoms. The van der Waals surface area contributed by atoms with E-state index in [4.69, 9.17) is 17.0 Å². The molecule has 25 heavy (non-hydrogen) atoms. The molecule has 0 aromatic carbocycles. The van der Waals surface area contributed by atoms with Gasteiger partial charge in [-0.3, -0.25) is 5.43 Å². The molecule has 1 fully saturated rings. The van der Waals surface area contributed by atoms with Crippen molar-refractivity contribution in [1.82, 2.24) is 19.6 Å². The molecular weight excluding hydrogens is 369 g/mol. The number of pyridine rings is 1. The zero-order chi connectivity index (χ0) is 18.0. The van der Waals surface area contributed by atoms with Gasteiger partial charge in [-0.05, 0) is 12.2 Å². The van der Waals surface area contributed by atoms with Crippen molar-refractivity contribution in [2.45, 2.75) is 6.42 Å². The SMILES string of the molecule is CS(=O)(=O)N1CCN(C(=S)N/N=C2/CCOc3cc(F)cnc32)CC1. The molecular formula is C14H18FN5O3S2. The Morgan fingerprint density at radius 2 is 2.12 bits per heavy atom. The number of sulfonamides is 1. The smallest absolute Gasteiger partial charge is 0.211 e. The molecule has 1 saturated heterocycles. The number of hydrogen-bond donors (Lipinski definition) is 1. The molecule has 0 spiro atoms. The van der Waals surface area contributed by atoms with Gasteiger partial charge in [-0.25, -0.2) is 17.8 Å². The Morgan fingerprint density at radius 3 is 2.80 bits per heavy atom. The second kappa shape index (κ2) is 7.18. The molecule has 2 aliphatic rings. The van der Waals surface area contributed by atoms with Crippen LogP contribution in [-0.2, 0) is 10.0 Å². The topological polar surface area (TPSA) is 87.1 Å². The van der Waals surface area contributed by atoms with Crippen LogP contribution in [0.25, 0.3) is 0 Å². The van der Waals surface area contributed by atoms with Crippen LogP contribution in [0, 0.1) is 5.82 Å². The Balaban J connectivity index is 1.63. The Hall–Kier alpha value is -1.85. The van der Waals surface area contributed by atoms with Crippen LogP contribution < -0.4 is 10.2 Å². The van der Waals surface area contributed by atoms with Crippen molar-refractivity contribution in [3.8, 4) is 5.75 Å². The van der Waals surface area contributed by atoms with Gasteiger partial charge in [0.2, 0.25) is 10.0 Å². The Kier molecular flexibility index (Phi) is 5.16. The number of aromatic nitrogens is 1. The van der Waals surface area contributed by atoms with Gasteiger partial charge in [-0.2, -0.15) is 9.41 Å². The summed E-state index contributed by atoms with van der Waals surface area (Å²) in [7, 11) is -3.18. The second-order valence-electron chi connectivity index (χ2n) is 5.72. The van der Waals surface area contributed by atoms with Gasteiger partial charge in [0.25, 0.3) is 0 Å². The van der Waals surface area contributed by atoms with E-state index in [2.05, 4.69) is 15.5 Å². The summed E-state index contributed by atoms with van der Waals surface area (Å²) in [5.41, 5.74) is 3.95. The summed E-state index contributed by atoms with van der Waals surface area (Å²) in [5, 5.41) is 4.70. The summed E-state index contributed by atoms with van der Waals surface area (Å²) in [6.45, 7) is 2.14. The van der Waals surface area contributed by atoms with Crippen molar-refractivity contribution >= 4 is 33.1 Å². The Labute approximate surface area is 150 Å². The number of hydrazone groups is 1. The maximum absolute atomic E-state index is 13.2. The second-order valence-corrected chi connectivity index (χ2v) is 8.09. The van der Waals surface area contributed by atoms with E-state index in [0.717, 1.165) is 6.20 Å². The molecule has 136 valence electrons. The number of nitrogens with zero attached hydrogens (tertiary/aromatic N) is 4. The van der Waals surface area contributed by atoms with Crippen LogP contribution in [0.4, 0.5) is 4.39 Å². The lowest BCUT2D eigenvalue weighted by Gasteiger charge is -2.34. The standard InChI is InChI=1S/C14H18FN5O3S2/c1-25(21,22)20-5-3-19(4-6-20)14(24)18-17-11-2-7-23-12-8-10(15)9-16-13(11)12/h8-9H,2-7H2,1H3,(H,18,24)/b17-11-. The minimum absolute atomic E-state index is 0.361. The maximum atomic E-state index is 13.2. The third kappa shape index (κ3) is 4.22. The van der Waals surface area contributed by atoms with Crippen molar-refractivity contribution in [3.63, 3.8) is 0 Å². The zero-order valence-electron chi connectivity index (χ0n) is 13.6. The van der Waals surface area contributed by atoms with E-state index in [-0.39, 0.29) is 0 Å². The molecule has 1 aromatic heterocycles. The summed E-state index contributed by atoms with van der Waals surface area (Å²) in [6.07, 6.45) is 2.85. The van der Waals surface area contributed by atoms with Crippen LogP contribution >= 0.6 is 12.2 Å². The predicted octanol–water partition coefficient (Wildman–Crippen LogP) is 0.159. The molecule has 8 nitrogen and oxygen atoms in total. The number of hydrogen-bond acceptors (Lipinski definition) is 6. The molecule has 0 atom stereocenters. The van der Waals surface area contributed by atoms with E-state index in [1.54, 1.807) is 0 Å². The summed E-state index contributed by atoms with van der Waals surface area (Å²) >= 11 is 5.32. The first-order chi connectivity index (χ1) is 11.8. The van der Waals surface area contributed by atoms with Crippen molar-refractivity contribution < 1.29 is 17.5 Å². The molecule has 0 amide bonds. The van der Waals surface area contributed by atoms with Crippen LogP contribution in [0.1, 0.15) is 12.1 Å². The lowest BCUT2D eigenvalue weighted by Crippen LogP contribution is -2.52. The van der Waals surface area contributed by atoms with E-state index < -0.39 is 15.8 Å². The molecule has 0 aliphatic carbocycles. The third-order valence-corrected chi connectivity index (χ3v) is 5.62. The predicted molar refractivity (Wildman–Crippen MR) is 94.6 cm³/mol. The lowest BCUT2D eigenvalue weighted by molar-refractivity contribution is 0.265. The highest BCUT2D eigenvalue weighted by atomic mass is 32.2. The molecule has 0 radical (unpaired) electrons. The van der Waals surface area contributed by atoms with Crippen molar-refractivity contribution in [3.05, 3.63) is 23.8 Å². The monoisotopic (exact) mass is 387 g/mol. The molecule has 0 saturated carbocycles. The molecule has 1 aromatic rings. The van der Waals surface area contributed by atoms with Crippen LogP contribution in [0.2, 0.25) is 0 Å². The van der Waals surface area contributed by atoms with Gasteiger partial charge in [0, 0.05) is 38.7 Å². The normalized spacial score (nSPS) is 20.1. The van der Waals surface area contributed by atoms with Crippen LogP contribution in [-0.4, -0.2) is 72.5 Å². The lowest BCUT2D eigenvalue weighted by atomic mass is 10.1. The molecule has 1 N–H and O–H groups in total. The number of ether oxygens (including phenoxy) is 1. The Bertz CT molecular complexity index is 807. The Morgan fingerprint density at radius 1 is 1.40 bits per heavy atom. The van der Waals surface area contributed by atoms with Crippen molar-refractivity contribution in [2.24, 2.45) is 5.10 Å². The number of rotatable bonds is 2. The molecule has 3 heterocycles. The third-order valence-electron chi connectivity index (χ3n) is 3.97. The van der Waals surface area contributed by atoms with Crippen LogP contribution in [0.5, 0.6) is 5.75 Å². The summed E-state index contributed by atoms with van der Waals surface area (Å²) in [4.78, 5) is 5.89. The summed E-state index contributed by atoms with van der Waals surface area (Å²) in [5.74, 6) is -0.105. The minimum atomic E-state index is -3.18. The van der Waals surface area contributed by atoms with E-state index in [0.29, 0.717) is 61.5 Å². The van der Waals surface area contributed by atoms with E-state index in [9.17, 15) is 12.8 Å². The number of thiocarbonyl (C=S) groups is 1. The largest absolute Gasteiger partial charge is 0.491 e. The molecule has 3 rings (SSSR count). The molecule has 0 unspecified atom stereocenters. The summed E-state index contributed by atoms with van der Waals surface area (Å²) < 4.78 is 43.1. The first-order valence-electron chi connectivity index (χ1n) is 7.70. The van der Waals surface area contributed by atoms with E-state index >= 15 is 0 Å². The van der Waals surface area contributed by atoms with Gasteiger partial charge < -0.3 is 9.64 Å². The fourth-order valence-electron chi connectivity index (χ4n) is 2.64. The van der Waals surface area contributed by atoms with Crippen molar-refractivity contribution in [2.75, 3.05) is 39.0 Å². The van der Waals surface area contributed by atoms with Crippen LogP contribution in [0.3, 0.4) is 0 Å². The highest BCUT2D eigenvalue weighted by Gasteiger charge is 2.25.